The molecule has 2 aromatic rings. The molecule has 1 N–H and O–H groups in total. The van der Waals surface area contributed by atoms with Gasteiger partial charge in [0, 0.05) is 0 Å². The van der Waals surface area contributed by atoms with E-state index in [1.165, 1.54) is 11.8 Å². The molecule has 2 nitrogen and oxygen atoms in total. The van der Waals surface area contributed by atoms with E-state index in [2.05, 4.69) is 5.43 Å². The number of para-hydroxylation sites is 2. The molecule has 0 fully saturated rings. The third kappa shape index (κ3) is 3.24. The highest BCUT2D eigenvalue weighted by Crippen LogP contribution is 2.22. The second-order valence-corrected chi connectivity index (χ2v) is 5.09. The molecule has 0 atom stereocenters. The highest BCUT2D eigenvalue weighted by Gasteiger charge is 2.09. The number of hydrogen-bond donors (Lipinski definition) is 1. The molecule has 0 bridgehead atoms. The van der Waals surface area contributed by atoms with Crippen LogP contribution in [0, 0.1) is 0 Å². The standard InChI is InChI=1S/C14H14N2S2/c1-18-14(17)15-16(12-8-4-2-5-9-12)13-10-6-3-7-11-13/h2-11H,1H3,(H,15,17). The summed E-state index contributed by atoms with van der Waals surface area (Å²) in [5, 5.41) is 1.98. The van der Waals surface area contributed by atoms with Crippen molar-refractivity contribution in [1.82, 2.24) is 5.43 Å². The molecular formula is C14H14N2S2. The van der Waals surface area contributed by atoms with Gasteiger partial charge in [-0.2, -0.15) is 0 Å². The molecule has 0 aliphatic rings. The van der Waals surface area contributed by atoms with Gasteiger partial charge in [0.15, 0.2) is 4.32 Å². The molecule has 4 heteroatoms. The summed E-state index contributed by atoms with van der Waals surface area (Å²) in [5.74, 6) is 0. The van der Waals surface area contributed by atoms with Gasteiger partial charge in [0.1, 0.15) is 0 Å². The summed E-state index contributed by atoms with van der Waals surface area (Å²) in [5.41, 5.74) is 5.34. The zero-order valence-electron chi connectivity index (χ0n) is 10.0. The zero-order chi connectivity index (χ0) is 12.8. The van der Waals surface area contributed by atoms with Crippen molar-refractivity contribution < 1.29 is 0 Å². The number of anilines is 2. The van der Waals surface area contributed by atoms with Crippen molar-refractivity contribution in [1.29, 1.82) is 0 Å². The maximum absolute atomic E-state index is 5.24. The lowest BCUT2D eigenvalue weighted by molar-refractivity contribution is 0.957. The van der Waals surface area contributed by atoms with Gasteiger partial charge in [-0.15, -0.1) is 0 Å². The number of thioether (sulfide) groups is 1. The normalized spacial score (nSPS) is 9.83. The smallest absolute Gasteiger partial charge is 0.152 e. The highest BCUT2D eigenvalue weighted by molar-refractivity contribution is 8.22. The van der Waals surface area contributed by atoms with Crippen LogP contribution in [0.5, 0.6) is 0 Å². The summed E-state index contributed by atoms with van der Waals surface area (Å²) in [6.07, 6.45) is 1.96. The minimum absolute atomic E-state index is 0.739. The van der Waals surface area contributed by atoms with Crippen molar-refractivity contribution >= 4 is 39.7 Å². The van der Waals surface area contributed by atoms with Gasteiger partial charge >= 0.3 is 0 Å². The molecular weight excluding hydrogens is 260 g/mol. The van der Waals surface area contributed by atoms with Gasteiger partial charge in [0.25, 0.3) is 0 Å². The lowest BCUT2D eigenvalue weighted by Gasteiger charge is -2.26. The quantitative estimate of drug-likeness (QED) is 0.672. The Bertz CT molecular complexity index is 460. The minimum Gasteiger partial charge on any atom is -0.278 e. The lowest BCUT2D eigenvalue weighted by Crippen LogP contribution is -2.36. The molecule has 0 aliphatic heterocycles. The summed E-state index contributed by atoms with van der Waals surface area (Å²) in [6, 6.07) is 20.2. The number of nitrogens with zero attached hydrogens (tertiary/aromatic N) is 1. The fourth-order valence-corrected chi connectivity index (χ4v) is 1.84. The van der Waals surface area contributed by atoms with E-state index in [0.717, 1.165) is 15.7 Å². The summed E-state index contributed by atoms with van der Waals surface area (Å²) >= 11 is 6.76. The van der Waals surface area contributed by atoms with Crippen LogP contribution >= 0.6 is 24.0 Å². The monoisotopic (exact) mass is 274 g/mol. The predicted octanol–water partition coefficient (Wildman–Crippen LogP) is 3.98. The van der Waals surface area contributed by atoms with E-state index in [4.69, 9.17) is 12.2 Å². The van der Waals surface area contributed by atoms with E-state index in [1.54, 1.807) is 0 Å². The van der Waals surface area contributed by atoms with Crippen LogP contribution < -0.4 is 10.4 Å². The maximum atomic E-state index is 5.24. The summed E-state index contributed by atoms with van der Waals surface area (Å²) < 4.78 is 0.739. The first kappa shape index (κ1) is 12.9. The van der Waals surface area contributed by atoms with Gasteiger partial charge in [-0.1, -0.05) is 60.4 Å². The number of hydrogen-bond acceptors (Lipinski definition) is 3. The van der Waals surface area contributed by atoms with Crippen LogP contribution in [-0.2, 0) is 0 Å². The fourth-order valence-electron chi connectivity index (χ4n) is 1.57. The third-order valence-corrected chi connectivity index (χ3v) is 3.47. The molecule has 0 aliphatic carbocycles. The van der Waals surface area contributed by atoms with Crippen LogP contribution in [0.15, 0.2) is 60.7 Å². The average Bonchev–Trinajstić information content (AvgIpc) is 2.46. The number of benzene rings is 2. The Morgan fingerprint density at radius 2 is 1.39 bits per heavy atom. The van der Waals surface area contributed by atoms with Crippen LogP contribution in [-0.4, -0.2) is 10.6 Å². The van der Waals surface area contributed by atoms with Crippen molar-refractivity contribution in [3.63, 3.8) is 0 Å². The van der Waals surface area contributed by atoms with Gasteiger partial charge in [0.05, 0.1) is 11.4 Å². The van der Waals surface area contributed by atoms with E-state index < -0.39 is 0 Å². The first-order valence-corrected chi connectivity index (χ1v) is 7.19. The third-order valence-electron chi connectivity index (χ3n) is 2.42. The molecule has 0 aromatic heterocycles. The molecule has 0 saturated carbocycles. The number of rotatable bonds is 3. The van der Waals surface area contributed by atoms with Crippen molar-refractivity contribution in [3.8, 4) is 0 Å². The molecule has 92 valence electrons. The van der Waals surface area contributed by atoms with E-state index in [0.29, 0.717) is 0 Å². The molecule has 18 heavy (non-hydrogen) atoms. The predicted molar refractivity (Wildman–Crippen MR) is 84.3 cm³/mol. The van der Waals surface area contributed by atoms with Gasteiger partial charge in [-0.25, -0.2) is 0 Å². The Morgan fingerprint density at radius 1 is 0.944 bits per heavy atom. The zero-order valence-corrected chi connectivity index (χ0v) is 11.7. The van der Waals surface area contributed by atoms with Crippen LogP contribution in [0.1, 0.15) is 0 Å². The van der Waals surface area contributed by atoms with Crippen molar-refractivity contribution in [2.24, 2.45) is 0 Å². The summed E-state index contributed by atoms with van der Waals surface area (Å²) in [4.78, 5) is 0. The fraction of sp³-hybridized carbons (Fsp3) is 0.0714. The van der Waals surface area contributed by atoms with E-state index in [9.17, 15) is 0 Å². The molecule has 0 unspecified atom stereocenters. The van der Waals surface area contributed by atoms with Crippen LogP contribution in [0.4, 0.5) is 11.4 Å². The van der Waals surface area contributed by atoms with Gasteiger partial charge in [0.2, 0.25) is 0 Å². The second-order valence-electron chi connectivity index (χ2n) is 3.61. The Hall–Kier alpha value is -1.52. The first-order chi connectivity index (χ1) is 8.81. The Labute approximate surface area is 117 Å². The maximum Gasteiger partial charge on any atom is 0.152 e. The van der Waals surface area contributed by atoms with E-state index in [1.807, 2.05) is 71.9 Å². The van der Waals surface area contributed by atoms with Gasteiger partial charge in [-0.05, 0) is 30.5 Å². The number of hydrazine groups is 1. The highest BCUT2D eigenvalue weighted by atomic mass is 32.2. The number of thiocarbonyl (C=S) groups is 1. The molecule has 2 rings (SSSR count). The summed E-state index contributed by atoms with van der Waals surface area (Å²) in [7, 11) is 0. The Morgan fingerprint density at radius 3 is 1.78 bits per heavy atom. The van der Waals surface area contributed by atoms with Gasteiger partial charge < -0.3 is 0 Å². The first-order valence-electron chi connectivity index (χ1n) is 5.56. The molecule has 0 saturated heterocycles. The lowest BCUT2D eigenvalue weighted by atomic mass is 10.2. The largest absolute Gasteiger partial charge is 0.278 e. The molecule has 0 amide bonds. The minimum atomic E-state index is 0.739. The molecule has 0 spiro atoms. The van der Waals surface area contributed by atoms with Crippen LogP contribution in [0.2, 0.25) is 0 Å². The SMILES string of the molecule is CSC(=S)NN(c1ccccc1)c1ccccc1. The topological polar surface area (TPSA) is 15.3 Å². The van der Waals surface area contributed by atoms with Crippen molar-refractivity contribution in [2.45, 2.75) is 0 Å². The van der Waals surface area contributed by atoms with Crippen LogP contribution in [0.25, 0.3) is 0 Å². The molecule has 0 heterocycles. The second kappa shape index (κ2) is 6.42. The number of nitrogens with one attached hydrogen (secondary N) is 1. The summed E-state index contributed by atoms with van der Waals surface area (Å²) in [6.45, 7) is 0. The molecule has 2 aromatic carbocycles. The van der Waals surface area contributed by atoms with Crippen LogP contribution in [0.3, 0.4) is 0 Å². The Balaban J connectivity index is 2.32. The van der Waals surface area contributed by atoms with Crippen molar-refractivity contribution in [2.75, 3.05) is 11.3 Å². The van der Waals surface area contributed by atoms with Gasteiger partial charge in [-0.3, -0.25) is 10.4 Å². The Kier molecular flexibility index (Phi) is 4.61. The van der Waals surface area contributed by atoms with Crippen molar-refractivity contribution in [3.05, 3.63) is 60.7 Å². The van der Waals surface area contributed by atoms with E-state index >= 15 is 0 Å². The average molecular weight is 274 g/mol. The van der Waals surface area contributed by atoms with E-state index in [-0.39, 0.29) is 0 Å². The molecule has 0 radical (unpaired) electrons.